The number of hydrogen-bond donors (Lipinski definition) is 1. The highest BCUT2D eigenvalue weighted by Crippen LogP contribution is 2.20. The van der Waals surface area contributed by atoms with Crippen LogP contribution in [-0.4, -0.2) is 21.0 Å². The van der Waals surface area contributed by atoms with Gasteiger partial charge in [-0.15, -0.1) is 0 Å². The van der Waals surface area contributed by atoms with Crippen molar-refractivity contribution in [2.24, 2.45) is 0 Å². The van der Waals surface area contributed by atoms with Crippen molar-refractivity contribution in [2.75, 3.05) is 0 Å². The Morgan fingerprint density at radius 3 is 2.68 bits per heavy atom. The predicted octanol–water partition coefficient (Wildman–Crippen LogP) is 3.24. The van der Waals surface area contributed by atoms with Gasteiger partial charge in [0.15, 0.2) is 5.82 Å². The van der Waals surface area contributed by atoms with Crippen LogP contribution in [0.4, 0.5) is 0 Å². The third-order valence-corrected chi connectivity index (χ3v) is 3.79. The Hall–Kier alpha value is -3.02. The average molecular weight is 336 g/mol. The van der Waals surface area contributed by atoms with Crippen LogP contribution in [0.25, 0.3) is 0 Å². The van der Waals surface area contributed by atoms with Gasteiger partial charge in [-0.2, -0.15) is 4.98 Å². The Morgan fingerprint density at radius 2 is 2.00 bits per heavy atom. The van der Waals surface area contributed by atoms with Crippen LogP contribution in [0.5, 0.6) is 0 Å². The summed E-state index contributed by atoms with van der Waals surface area (Å²) >= 11 is 0. The first-order chi connectivity index (χ1) is 12.2. The van der Waals surface area contributed by atoms with Crippen LogP contribution in [0.2, 0.25) is 0 Å². The first-order valence-corrected chi connectivity index (χ1v) is 8.28. The standard InChI is InChI=1S/C19H20N4O2/c1-3-7-16-21-18(23-25-16)17(14-8-5-4-6-9-14)22-19(24)15-11-10-13(2)20-12-15/h4-6,8-12,17H,3,7H2,1-2H3,(H,22,24)/t17-/m0/s1. The second-order valence-corrected chi connectivity index (χ2v) is 5.80. The molecule has 0 spiro atoms. The van der Waals surface area contributed by atoms with Crippen LogP contribution in [0.1, 0.15) is 52.7 Å². The summed E-state index contributed by atoms with van der Waals surface area (Å²) in [4.78, 5) is 21.2. The fourth-order valence-corrected chi connectivity index (χ4v) is 2.46. The lowest BCUT2D eigenvalue weighted by Crippen LogP contribution is -2.30. The third kappa shape index (κ3) is 4.09. The molecule has 0 fully saturated rings. The number of amides is 1. The second-order valence-electron chi connectivity index (χ2n) is 5.80. The zero-order chi connectivity index (χ0) is 17.6. The molecule has 1 N–H and O–H groups in total. The van der Waals surface area contributed by atoms with Crippen LogP contribution in [-0.2, 0) is 6.42 Å². The lowest BCUT2D eigenvalue weighted by Gasteiger charge is -2.16. The van der Waals surface area contributed by atoms with Crippen LogP contribution >= 0.6 is 0 Å². The second kappa shape index (κ2) is 7.70. The van der Waals surface area contributed by atoms with Crippen LogP contribution < -0.4 is 5.32 Å². The molecule has 1 atom stereocenters. The molecule has 2 heterocycles. The topological polar surface area (TPSA) is 80.9 Å². The largest absolute Gasteiger partial charge is 0.339 e. The maximum atomic E-state index is 12.6. The van der Waals surface area contributed by atoms with Gasteiger partial charge in [0.1, 0.15) is 6.04 Å². The molecule has 6 heteroatoms. The number of rotatable bonds is 6. The number of pyridine rings is 1. The summed E-state index contributed by atoms with van der Waals surface area (Å²) in [6, 6.07) is 12.7. The van der Waals surface area contributed by atoms with E-state index in [4.69, 9.17) is 4.52 Å². The van der Waals surface area contributed by atoms with Gasteiger partial charge in [0.05, 0.1) is 5.56 Å². The highest BCUT2D eigenvalue weighted by atomic mass is 16.5. The molecule has 0 saturated carbocycles. The Balaban J connectivity index is 1.88. The van der Waals surface area contributed by atoms with E-state index in [1.807, 2.05) is 44.2 Å². The molecule has 6 nitrogen and oxygen atoms in total. The molecule has 0 radical (unpaired) electrons. The van der Waals surface area contributed by atoms with Crippen molar-refractivity contribution in [3.63, 3.8) is 0 Å². The van der Waals surface area contributed by atoms with Crippen LogP contribution in [0.3, 0.4) is 0 Å². The quantitative estimate of drug-likeness (QED) is 0.747. The molecule has 0 aliphatic heterocycles. The van der Waals surface area contributed by atoms with Crippen molar-refractivity contribution >= 4 is 5.91 Å². The van der Waals surface area contributed by atoms with E-state index in [9.17, 15) is 4.79 Å². The van der Waals surface area contributed by atoms with Crippen LogP contribution in [0.15, 0.2) is 53.2 Å². The van der Waals surface area contributed by atoms with E-state index in [1.165, 1.54) is 0 Å². The molecule has 0 aliphatic rings. The number of aryl methyl sites for hydroxylation is 2. The molecule has 1 aromatic carbocycles. The lowest BCUT2D eigenvalue weighted by molar-refractivity contribution is 0.0941. The van der Waals surface area contributed by atoms with E-state index in [-0.39, 0.29) is 5.91 Å². The summed E-state index contributed by atoms with van der Waals surface area (Å²) in [6.45, 7) is 3.92. The summed E-state index contributed by atoms with van der Waals surface area (Å²) in [5, 5.41) is 7.03. The first-order valence-electron chi connectivity index (χ1n) is 8.28. The molecule has 128 valence electrons. The van der Waals surface area contributed by atoms with Gasteiger partial charge in [-0.05, 0) is 31.0 Å². The first kappa shape index (κ1) is 16.8. The molecule has 3 aromatic rings. The van der Waals surface area contributed by atoms with E-state index in [1.54, 1.807) is 18.3 Å². The zero-order valence-electron chi connectivity index (χ0n) is 14.3. The third-order valence-electron chi connectivity index (χ3n) is 3.79. The van der Waals surface area contributed by atoms with E-state index >= 15 is 0 Å². The van der Waals surface area contributed by atoms with Crippen molar-refractivity contribution in [2.45, 2.75) is 32.7 Å². The number of benzene rings is 1. The average Bonchev–Trinajstić information content (AvgIpc) is 3.09. The number of nitrogens with one attached hydrogen (secondary N) is 1. The predicted molar refractivity (Wildman–Crippen MR) is 93.0 cm³/mol. The van der Waals surface area contributed by atoms with Gasteiger partial charge in [0, 0.05) is 18.3 Å². The van der Waals surface area contributed by atoms with Gasteiger partial charge in [0.2, 0.25) is 5.89 Å². The number of aromatic nitrogens is 3. The zero-order valence-corrected chi connectivity index (χ0v) is 14.3. The molecular weight excluding hydrogens is 316 g/mol. The Morgan fingerprint density at radius 1 is 1.20 bits per heavy atom. The van der Waals surface area contributed by atoms with Gasteiger partial charge in [-0.3, -0.25) is 9.78 Å². The number of hydrogen-bond acceptors (Lipinski definition) is 5. The smallest absolute Gasteiger partial charge is 0.253 e. The molecule has 25 heavy (non-hydrogen) atoms. The van der Waals surface area contributed by atoms with Gasteiger partial charge in [-0.25, -0.2) is 0 Å². The van der Waals surface area contributed by atoms with Gasteiger partial charge in [-0.1, -0.05) is 42.4 Å². The Labute approximate surface area is 146 Å². The molecule has 0 bridgehead atoms. The van der Waals surface area contributed by atoms with Crippen molar-refractivity contribution in [1.82, 2.24) is 20.4 Å². The van der Waals surface area contributed by atoms with Crippen LogP contribution in [0, 0.1) is 6.92 Å². The van der Waals surface area contributed by atoms with E-state index in [0.717, 1.165) is 17.7 Å². The molecule has 0 unspecified atom stereocenters. The summed E-state index contributed by atoms with van der Waals surface area (Å²) < 4.78 is 5.29. The Kier molecular flexibility index (Phi) is 5.18. The molecule has 0 aliphatic carbocycles. The van der Waals surface area contributed by atoms with Gasteiger partial charge >= 0.3 is 0 Å². The molecule has 0 saturated heterocycles. The summed E-state index contributed by atoms with van der Waals surface area (Å²) in [7, 11) is 0. The maximum absolute atomic E-state index is 12.6. The normalized spacial score (nSPS) is 11.9. The lowest BCUT2D eigenvalue weighted by atomic mass is 10.1. The fourth-order valence-electron chi connectivity index (χ4n) is 2.46. The van der Waals surface area contributed by atoms with E-state index in [0.29, 0.717) is 23.7 Å². The van der Waals surface area contributed by atoms with E-state index in [2.05, 4.69) is 20.4 Å². The molecule has 2 aromatic heterocycles. The minimum absolute atomic E-state index is 0.233. The summed E-state index contributed by atoms with van der Waals surface area (Å²) in [5.74, 6) is 0.788. The SMILES string of the molecule is CCCc1nc([C@@H](NC(=O)c2ccc(C)nc2)c2ccccc2)no1. The van der Waals surface area contributed by atoms with Crippen molar-refractivity contribution in [1.29, 1.82) is 0 Å². The number of nitrogens with zero attached hydrogens (tertiary/aromatic N) is 3. The molecular formula is C19H20N4O2. The highest BCUT2D eigenvalue weighted by molar-refractivity contribution is 5.94. The number of carbonyl (C=O) groups is 1. The van der Waals surface area contributed by atoms with Crippen molar-refractivity contribution in [3.05, 3.63) is 77.2 Å². The maximum Gasteiger partial charge on any atom is 0.253 e. The molecule has 3 rings (SSSR count). The number of carbonyl (C=O) groups excluding carboxylic acids is 1. The minimum atomic E-state index is -0.482. The van der Waals surface area contributed by atoms with Gasteiger partial charge in [0.25, 0.3) is 5.91 Å². The molecule has 1 amide bonds. The minimum Gasteiger partial charge on any atom is -0.339 e. The van der Waals surface area contributed by atoms with Crippen molar-refractivity contribution in [3.8, 4) is 0 Å². The monoisotopic (exact) mass is 336 g/mol. The summed E-state index contributed by atoms with van der Waals surface area (Å²) in [5.41, 5.74) is 2.24. The van der Waals surface area contributed by atoms with E-state index < -0.39 is 6.04 Å². The highest BCUT2D eigenvalue weighted by Gasteiger charge is 2.23. The van der Waals surface area contributed by atoms with Gasteiger partial charge < -0.3 is 9.84 Å². The van der Waals surface area contributed by atoms with Crippen molar-refractivity contribution < 1.29 is 9.32 Å². The Bertz CT molecular complexity index is 828. The fraction of sp³-hybridized carbons (Fsp3) is 0.263. The summed E-state index contributed by atoms with van der Waals surface area (Å²) in [6.07, 6.45) is 3.19.